The highest BCUT2D eigenvalue weighted by Gasteiger charge is 2.13. The molecule has 0 radical (unpaired) electrons. The van der Waals surface area contributed by atoms with Gasteiger partial charge in [-0.2, -0.15) is 0 Å². The molecule has 3 nitrogen and oxygen atoms in total. The zero-order valence-electron chi connectivity index (χ0n) is 13.7. The Balaban J connectivity index is 3.68. The van der Waals surface area contributed by atoms with Crippen molar-refractivity contribution < 1.29 is 9.53 Å². The van der Waals surface area contributed by atoms with E-state index < -0.39 is 0 Å². The molecule has 0 N–H and O–H groups in total. The van der Waals surface area contributed by atoms with E-state index in [2.05, 4.69) is 18.4 Å². The number of hydrogen-bond acceptors (Lipinski definition) is 3. The van der Waals surface area contributed by atoms with Gasteiger partial charge in [0, 0.05) is 12.6 Å². The minimum Gasteiger partial charge on any atom is -0.458 e. The van der Waals surface area contributed by atoms with Crippen molar-refractivity contribution >= 4 is 5.97 Å². The van der Waals surface area contributed by atoms with Crippen LogP contribution in [-0.2, 0) is 9.53 Å². The molecule has 0 amide bonds. The molecule has 0 aliphatic carbocycles. The van der Waals surface area contributed by atoms with Gasteiger partial charge in [-0.3, -0.25) is 0 Å². The second kappa shape index (κ2) is 13.2. The number of esters is 1. The topological polar surface area (TPSA) is 29.5 Å². The highest BCUT2D eigenvalue weighted by atomic mass is 16.5. The summed E-state index contributed by atoms with van der Waals surface area (Å²) in [6, 6.07) is 0. The van der Waals surface area contributed by atoms with Crippen LogP contribution in [0.3, 0.4) is 0 Å². The lowest BCUT2D eigenvalue weighted by Gasteiger charge is -2.20. The second-order valence-corrected chi connectivity index (χ2v) is 5.79. The average Bonchev–Trinajstić information content (AvgIpc) is 2.40. The third kappa shape index (κ3) is 12.2. The Morgan fingerprint density at radius 2 is 1.65 bits per heavy atom. The molecule has 0 heterocycles. The van der Waals surface area contributed by atoms with E-state index in [-0.39, 0.29) is 12.1 Å². The van der Waals surface area contributed by atoms with Gasteiger partial charge in [-0.1, -0.05) is 58.4 Å². The Morgan fingerprint density at radius 3 is 2.15 bits per heavy atom. The molecule has 0 bridgehead atoms. The molecule has 3 heteroatoms. The molecule has 0 aliphatic heterocycles. The van der Waals surface area contributed by atoms with Crippen LogP contribution < -0.4 is 0 Å². The van der Waals surface area contributed by atoms with E-state index in [1.54, 1.807) is 0 Å². The maximum atomic E-state index is 11.3. The Labute approximate surface area is 125 Å². The molecule has 0 aliphatic rings. The summed E-state index contributed by atoms with van der Waals surface area (Å²) in [5.41, 5.74) is 0. The van der Waals surface area contributed by atoms with Crippen LogP contribution in [0.4, 0.5) is 0 Å². The fraction of sp³-hybridized carbons (Fsp3) is 0.824. The van der Waals surface area contributed by atoms with Crippen molar-refractivity contribution in [3.8, 4) is 0 Å². The van der Waals surface area contributed by atoms with Gasteiger partial charge in [0.05, 0.1) is 0 Å². The quantitative estimate of drug-likeness (QED) is 0.288. The highest BCUT2D eigenvalue weighted by molar-refractivity contribution is 5.81. The van der Waals surface area contributed by atoms with E-state index in [1.807, 2.05) is 14.1 Å². The first-order valence-electron chi connectivity index (χ1n) is 8.08. The summed E-state index contributed by atoms with van der Waals surface area (Å²) in [6.07, 6.45) is 12.6. The van der Waals surface area contributed by atoms with Crippen LogP contribution in [0.25, 0.3) is 0 Å². The standard InChI is InChI=1S/C17H33NO2/c1-5-7-8-9-10-11-12-13-14-16(15-18(3)4)20-17(19)6-2/h6,16H,2,5,7-15H2,1,3-4H3. The summed E-state index contributed by atoms with van der Waals surface area (Å²) < 4.78 is 5.37. The predicted octanol–water partition coefficient (Wildman–Crippen LogP) is 4.18. The summed E-state index contributed by atoms with van der Waals surface area (Å²) >= 11 is 0. The molecule has 0 saturated heterocycles. The third-order valence-corrected chi connectivity index (χ3v) is 3.40. The van der Waals surface area contributed by atoms with Crippen LogP contribution in [-0.4, -0.2) is 37.6 Å². The minimum absolute atomic E-state index is 0.00408. The van der Waals surface area contributed by atoms with Gasteiger partial charge in [-0.15, -0.1) is 0 Å². The van der Waals surface area contributed by atoms with E-state index in [0.717, 1.165) is 19.4 Å². The molecule has 1 unspecified atom stereocenters. The van der Waals surface area contributed by atoms with Crippen LogP contribution >= 0.6 is 0 Å². The molecule has 20 heavy (non-hydrogen) atoms. The van der Waals surface area contributed by atoms with Crippen molar-refractivity contribution in [1.82, 2.24) is 4.90 Å². The second-order valence-electron chi connectivity index (χ2n) is 5.79. The van der Waals surface area contributed by atoms with Gasteiger partial charge in [-0.05, 0) is 26.9 Å². The van der Waals surface area contributed by atoms with E-state index in [0.29, 0.717) is 0 Å². The van der Waals surface area contributed by atoms with Crippen LogP contribution in [0.5, 0.6) is 0 Å². The average molecular weight is 283 g/mol. The first-order chi connectivity index (χ1) is 9.60. The monoisotopic (exact) mass is 283 g/mol. The Morgan fingerprint density at radius 1 is 1.10 bits per heavy atom. The molecule has 0 aromatic carbocycles. The SMILES string of the molecule is C=CC(=O)OC(CCCCCCCCCC)CN(C)C. The number of carbonyl (C=O) groups excluding carboxylic acids is 1. The Hall–Kier alpha value is -0.830. The summed E-state index contributed by atoms with van der Waals surface area (Å²) in [7, 11) is 4.00. The largest absolute Gasteiger partial charge is 0.458 e. The van der Waals surface area contributed by atoms with E-state index in [4.69, 9.17) is 4.74 Å². The lowest BCUT2D eigenvalue weighted by molar-refractivity contribution is -0.144. The Kier molecular flexibility index (Phi) is 12.6. The molecule has 0 aromatic rings. The molecular formula is C17H33NO2. The van der Waals surface area contributed by atoms with Gasteiger partial charge >= 0.3 is 5.97 Å². The van der Waals surface area contributed by atoms with E-state index in [9.17, 15) is 4.79 Å². The van der Waals surface area contributed by atoms with Crippen LogP contribution in [0.2, 0.25) is 0 Å². The highest BCUT2D eigenvalue weighted by Crippen LogP contribution is 2.12. The molecular weight excluding hydrogens is 250 g/mol. The molecule has 0 saturated carbocycles. The molecule has 0 rings (SSSR count). The molecule has 118 valence electrons. The smallest absolute Gasteiger partial charge is 0.330 e. The van der Waals surface area contributed by atoms with Crippen LogP contribution in [0.15, 0.2) is 12.7 Å². The van der Waals surface area contributed by atoms with Gasteiger partial charge in [0.2, 0.25) is 0 Å². The van der Waals surface area contributed by atoms with E-state index >= 15 is 0 Å². The van der Waals surface area contributed by atoms with Crippen molar-refractivity contribution in [3.05, 3.63) is 12.7 Å². The van der Waals surface area contributed by atoms with Crippen LogP contribution in [0, 0.1) is 0 Å². The lowest BCUT2D eigenvalue weighted by atomic mass is 10.1. The van der Waals surface area contributed by atoms with Crippen molar-refractivity contribution in [3.63, 3.8) is 0 Å². The molecule has 0 aromatic heterocycles. The maximum absolute atomic E-state index is 11.3. The summed E-state index contributed by atoms with van der Waals surface area (Å²) in [4.78, 5) is 13.3. The summed E-state index contributed by atoms with van der Waals surface area (Å²) in [5, 5.41) is 0. The van der Waals surface area contributed by atoms with Crippen molar-refractivity contribution in [2.75, 3.05) is 20.6 Å². The maximum Gasteiger partial charge on any atom is 0.330 e. The summed E-state index contributed by atoms with van der Waals surface area (Å²) in [5.74, 6) is -0.309. The number of carbonyl (C=O) groups is 1. The van der Waals surface area contributed by atoms with Gasteiger partial charge in [0.15, 0.2) is 0 Å². The Bertz CT molecular complexity index is 251. The minimum atomic E-state index is -0.309. The zero-order chi connectivity index (χ0) is 15.2. The van der Waals surface area contributed by atoms with Crippen molar-refractivity contribution in [2.24, 2.45) is 0 Å². The number of unbranched alkanes of at least 4 members (excludes halogenated alkanes) is 7. The fourth-order valence-corrected chi connectivity index (χ4v) is 2.31. The molecule has 0 fully saturated rings. The van der Waals surface area contributed by atoms with Crippen LogP contribution in [0.1, 0.15) is 64.7 Å². The first kappa shape index (κ1) is 19.2. The van der Waals surface area contributed by atoms with Gasteiger partial charge in [0.1, 0.15) is 6.10 Å². The van der Waals surface area contributed by atoms with E-state index in [1.165, 1.54) is 51.0 Å². The number of hydrogen-bond donors (Lipinski definition) is 0. The number of nitrogens with zero attached hydrogens (tertiary/aromatic N) is 1. The fourth-order valence-electron chi connectivity index (χ4n) is 2.31. The summed E-state index contributed by atoms with van der Waals surface area (Å²) in [6.45, 7) is 6.48. The van der Waals surface area contributed by atoms with Gasteiger partial charge in [0.25, 0.3) is 0 Å². The number of rotatable bonds is 13. The molecule has 1 atom stereocenters. The van der Waals surface area contributed by atoms with Gasteiger partial charge in [-0.25, -0.2) is 4.79 Å². The van der Waals surface area contributed by atoms with Gasteiger partial charge < -0.3 is 9.64 Å². The lowest BCUT2D eigenvalue weighted by Crippen LogP contribution is -2.30. The predicted molar refractivity (Wildman–Crippen MR) is 85.9 cm³/mol. The zero-order valence-corrected chi connectivity index (χ0v) is 13.7. The first-order valence-corrected chi connectivity index (χ1v) is 8.08. The molecule has 0 spiro atoms. The number of ether oxygens (including phenoxy) is 1. The number of likely N-dealkylation sites (N-methyl/N-ethyl adjacent to an activating group) is 1. The van der Waals surface area contributed by atoms with Crippen molar-refractivity contribution in [1.29, 1.82) is 0 Å². The third-order valence-electron chi connectivity index (χ3n) is 3.40. The normalized spacial score (nSPS) is 12.4. The van der Waals surface area contributed by atoms with Crippen molar-refractivity contribution in [2.45, 2.75) is 70.8 Å².